The molecule has 1 aromatic carbocycles. The number of amides is 1. The van der Waals surface area contributed by atoms with Crippen LogP contribution in [-0.4, -0.2) is 57.2 Å². The van der Waals surface area contributed by atoms with Gasteiger partial charge in [-0.05, 0) is 18.9 Å². The number of ether oxygens (including phenoxy) is 1. The van der Waals surface area contributed by atoms with Crippen LogP contribution in [0.5, 0.6) is 0 Å². The molecule has 3 atom stereocenters. The number of hydrogen-bond donors (Lipinski definition) is 0. The van der Waals surface area contributed by atoms with Crippen LogP contribution in [0.25, 0.3) is 0 Å². The van der Waals surface area contributed by atoms with Crippen molar-refractivity contribution in [1.29, 1.82) is 0 Å². The smallest absolute Gasteiger partial charge is 0.240 e. The average Bonchev–Trinajstić information content (AvgIpc) is 2.98. The van der Waals surface area contributed by atoms with Crippen LogP contribution in [-0.2, 0) is 30.7 Å². The van der Waals surface area contributed by atoms with E-state index in [1.165, 1.54) is 4.31 Å². The van der Waals surface area contributed by atoms with Gasteiger partial charge < -0.3 is 18.7 Å². The minimum Gasteiger partial charge on any atom is -0.593 e. The van der Waals surface area contributed by atoms with Crippen LogP contribution < -0.4 is 0 Å². The van der Waals surface area contributed by atoms with Gasteiger partial charge in [-0.3, -0.25) is 4.79 Å². The summed E-state index contributed by atoms with van der Waals surface area (Å²) < 4.78 is 38.7. The summed E-state index contributed by atoms with van der Waals surface area (Å²) in [6.45, 7) is 5.04. The summed E-state index contributed by atoms with van der Waals surface area (Å²) >= 11 is 0. The van der Waals surface area contributed by atoms with Crippen LogP contribution >= 0.6 is 0 Å². The summed E-state index contributed by atoms with van der Waals surface area (Å²) in [7, 11) is -3.79. The predicted octanol–water partition coefficient (Wildman–Crippen LogP) is 1.94. The lowest BCUT2D eigenvalue weighted by atomic mass is 9.94. The molecule has 2 fully saturated rings. The van der Waals surface area contributed by atoms with Crippen molar-refractivity contribution >= 4 is 16.3 Å². The SMILES string of the molecule is Cc1noc(C)c1[S+](=O)([O-])N1CCC2OCCN(Cc3ccccc3)C(=O)C2C1. The molecular weight excluding hydrogens is 394 g/mol. The molecule has 2 aromatic rings. The van der Waals surface area contributed by atoms with Gasteiger partial charge in [0.05, 0.1) is 25.2 Å². The van der Waals surface area contributed by atoms with Gasteiger partial charge in [-0.2, -0.15) is 0 Å². The van der Waals surface area contributed by atoms with Crippen molar-refractivity contribution in [3.8, 4) is 0 Å². The topological polar surface area (TPSA) is 98.9 Å². The van der Waals surface area contributed by atoms with Crippen LogP contribution in [0.4, 0.5) is 0 Å². The zero-order valence-corrected chi connectivity index (χ0v) is 17.4. The molecule has 3 heterocycles. The number of aryl methyl sites for hydroxylation is 2. The summed E-state index contributed by atoms with van der Waals surface area (Å²) in [6, 6.07) is 9.77. The van der Waals surface area contributed by atoms with Crippen LogP contribution in [0.3, 0.4) is 0 Å². The van der Waals surface area contributed by atoms with E-state index in [1.807, 2.05) is 30.3 Å². The predicted molar refractivity (Wildman–Crippen MR) is 104 cm³/mol. The Morgan fingerprint density at radius 1 is 1.24 bits per heavy atom. The molecule has 0 aliphatic carbocycles. The minimum absolute atomic E-state index is 0.0602. The highest BCUT2D eigenvalue weighted by Gasteiger charge is 2.46. The van der Waals surface area contributed by atoms with Gasteiger partial charge >= 0.3 is 0 Å². The standard InChI is InChI=1S/C20H25N3O5S/c1-14-19(15(2)28-21-14)29(25,26)23-9-8-18-17(13-23)20(24)22(10-11-27-18)12-16-6-4-3-5-7-16/h3-7,17-18H,8-13H2,1-2H3. The van der Waals surface area contributed by atoms with Crippen molar-refractivity contribution in [3.05, 3.63) is 47.3 Å². The molecule has 0 bridgehead atoms. The highest BCUT2D eigenvalue weighted by molar-refractivity contribution is 7.95. The van der Waals surface area contributed by atoms with E-state index in [0.717, 1.165) is 5.56 Å². The van der Waals surface area contributed by atoms with Crippen molar-refractivity contribution in [1.82, 2.24) is 14.4 Å². The number of sulfonamides is 1. The molecule has 2 aliphatic heterocycles. The second-order valence-electron chi connectivity index (χ2n) is 7.57. The number of fused-ring (bicyclic) bond motifs is 1. The van der Waals surface area contributed by atoms with Crippen LogP contribution in [0.1, 0.15) is 23.4 Å². The fourth-order valence-corrected chi connectivity index (χ4v) is 5.92. The van der Waals surface area contributed by atoms with Crippen molar-refractivity contribution in [2.24, 2.45) is 5.92 Å². The first kappa shape index (κ1) is 20.2. The Morgan fingerprint density at radius 2 is 2.00 bits per heavy atom. The van der Waals surface area contributed by atoms with Gasteiger partial charge in [-0.1, -0.05) is 39.7 Å². The van der Waals surface area contributed by atoms with Crippen molar-refractivity contribution < 1.29 is 22.8 Å². The van der Waals surface area contributed by atoms with E-state index in [2.05, 4.69) is 5.16 Å². The Labute approximate surface area is 171 Å². The zero-order chi connectivity index (χ0) is 20.6. The van der Waals surface area contributed by atoms with E-state index < -0.39 is 16.3 Å². The molecule has 0 N–H and O–H groups in total. The monoisotopic (exact) mass is 419 g/mol. The van der Waals surface area contributed by atoms with Crippen molar-refractivity contribution in [2.45, 2.75) is 37.8 Å². The highest BCUT2D eigenvalue weighted by Crippen LogP contribution is 2.33. The maximum Gasteiger partial charge on any atom is 0.240 e. The quantitative estimate of drug-likeness (QED) is 0.703. The third-order valence-electron chi connectivity index (χ3n) is 5.62. The van der Waals surface area contributed by atoms with Crippen molar-refractivity contribution in [3.63, 3.8) is 0 Å². The van der Waals surface area contributed by atoms with Crippen LogP contribution in [0, 0.1) is 19.8 Å². The van der Waals surface area contributed by atoms with E-state index in [4.69, 9.17) is 9.26 Å². The van der Waals surface area contributed by atoms with Gasteiger partial charge in [-0.15, -0.1) is 4.31 Å². The maximum absolute atomic E-state index is 13.3. The first-order valence-corrected chi connectivity index (χ1v) is 11.2. The molecule has 2 saturated heterocycles. The largest absolute Gasteiger partial charge is 0.593 e. The molecule has 2 aliphatic rings. The number of carbonyl (C=O) groups is 1. The Hall–Kier alpha value is -2.07. The van der Waals surface area contributed by atoms with Gasteiger partial charge in [0.2, 0.25) is 10.8 Å². The number of benzene rings is 1. The Kier molecular flexibility index (Phi) is 5.56. The number of nitrogens with zero attached hydrogens (tertiary/aromatic N) is 3. The molecule has 0 radical (unpaired) electrons. The maximum atomic E-state index is 13.3. The van der Waals surface area contributed by atoms with Crippen LogP contribution in [0.2, 0.25) is 0 Å². The number of carbonyl (C=O) groups excluding carboxylic acids is 1. The Bertz CT molecular complexity index is 912. The summed E-state index contributed by atoms with van der Waals surface area (Å²) in [4.78, 5) is 15.1. The molecule has 1 aromatic heterocycles. The van der Waals surface area contributed by atoms with Gasteiger partial charge in [-0.25, -0.2) is 0 Å². The molecule has 29 heavy (non-hydrogen) atoms. The van der Waals surface area contributed by atoms with Gasteiger partial charge in [0.25, 0.3) is 0 Å². The van der Waals surface area contributed by atoms with Gasteiger partial charge in [0.1, 0.15) is 5.69 Å². The Morgan fingerprint density at radius 3 is 2.69 bits per heavy atom. The molecule has 8 nitrogen and oxygen atoms in total. The van der Waals surface area contributed by atoms with E-state index in [-0.39, 0.29) is 29.2 Å². The molecule has 4 rings (SSSR count). The highest BCUT2D eigenvalue weighted by atomic mass is 32.3. The molecule has 0 saturated carbocycles. The fraction of sp³-hybridized carbons (Fsp3) is 0.500. The van der Waals surface area contributed by atoms with E-state index in [9.17, 15) is 13.6 Å². The van der Waals surface area contributed by atoms with E-state index >= 15 is 0 Å². The van der Waals surface area contributed by atoms with E-state index in [1.54, 1.807) is 18.7 Å². The third kappa shape index (κ3) is 3.87. The summed E-state index contributed by atoms with van der Waals surface area (Å²) in [5.41, 5.74) is 1.37. The molecule has 1 amide bonds. The first-order chi connectivity index (χ1) is 13.9. The average molecular weight is 420 g/mol. The number of piperidine rings is 1. The van der Waals surface area contributed by atoms with Crippen molar-refractivity contribution in [2.75, 3.05) is 26.2 Å². The first-order valence-electron chi connectivity index (χ1n) is 9.75. The minimum atomic E-state index is -3.79. The number of rotatable bonds is 4. The zero-order valence-electron chi connectivity index (χ0n) is 16.6. The Balaban J connectivity index is 1.55. The lowest BCUT2D eigenvalue weighted by Crippen LogP contribution is -2.53. The molecule has 9 heteroatoms. The molecule has 3 unspecified atom stereocenters. The lowest BCUT2D eigenvalue weighted by Gasteiger charge is -2.37. The van der Waals surface area contributed by atoms with Crippen LogP contribution in [0.15, 0.2) is 39.8 Å². The summed E-state index contributed by atoms with van der Waals surface area (Å²) in [6.07, 6.45) is 0.220. The summed E-state index contributed by atoms with van der Waals surface area (Å²) in [5, 5.41) is 3.77. The number of hydrogen-bond acceptors (Lipinski definition) is 6. The molecular formula is C20H25N3O5S. The normalized spacial score (nSPS) is 25.3. The third-order valence-corrected chi connectivity index (χ3v) is 7.73. The van der Waals surface area contributed by atoms with Gasteiger partial charge in [0, 0.05) is 26.6 Å². The second kappa shape index (κ2) is 7.98. The molecule has 0 spiro atoms. The lowest BCUT2D eigenvalue weighted by molar-refractivity contribution is -0.138. The molecule has 156 valence electrons. The van der Waals surface area contributed by atoms with E-state index in [0.29, 0.717) is 38.4 Å². The van der Waals surface area contributed by atoms with Gasteiger partial charge in [0.15, 0.2) is 16.2 Å². The number of aromatic nitrogens is 1. The fourth-order valence-electron chi connectivity index (χ4n) is 4.15. The summed E-state index contributed by atoms with van der Waals surface area (Å²) in [5.74, 6) is -0.320. The second-order valence-corrected chi connectivity index (χ2v) is 9.44.